The maximum Gasteiger partial charge on any atom is 0.417 e. The van der Waals surface area contributed by atoms with Gasteiger partial charge >= 0.3 is 6.18 Å². The largest absolute Gasteiger partial charge is 0.417 e. The van der Waals surface area contributed by atoms with Gasteiger partial charge in [-0.15, -0.1) is 0 Å². The van der Waals surface area contributed by atoms with Crippen LogP contribution in [0.1, 0.15) is 34.6 Å². The van der Waals surface area contributed by atoms with Crippen molar-refractivity contribution < 1.29 is 18.0 Å². The third-order valence-electron chi connectivity index (χ3n) is 4.35. The van der Waals surface area contributed by atoms with E-state index in [1.807, 2.05) is 17.9 Å². The highest BCUT2D eigenvalue weighted by molar-refractivity contribution is 5.92. The summed E-state index contributed by atoms with van der Waals surface area (Å²) < 4.78 is 37.8. The van der Waals surface area contributed by atoms with Gasteiger partial charge in [0.05, 0.1) is 5.56 Å². The number of carbonyl (C=O) groups is 1. The summed E-state index contributed by atoms with van der Waals surface area (Å²) in [5.41, 5.74) is 0.409. The minimum Gasteiger partial charge on any atom is -0.356 e. The quantitative estimate of drug-likeness (QED) is 0.909. The van der Waals surface area contributed by atoms with E-state index in [9.17, 15) is 18.0 Å². The third-order valence-corrected chi connectivity index (χ3v) is 4.35. The van der Waals surface area contributed by atoms with Crippen LogP contribution in [-0.2, 0) is 6.18 Å². The molecule has 1 amide bonds. The molecule has 0 unspecified atom stereocenters. The van der Waals surface area contributed by atoms with Gasteiger partial charge in [0.2, 0.25) is 0 Å². The molecule has 5 nitrogen and oxygen atoms in total. The Morgan fingerprint density at radius 3 is 2.50 bits per heavy atom. The molecule has 0 saturated carbocycles. The summed E-state index contributed by atoms with van der Waals surface area (Å²) in [7, 11) is 0. The molecule has 1 aliphatic heterocycles. The van der Waals surface area contributed by atoms with Crippen LogP contribution in [0.25, 0.3) is 0 Å². The first-order chi connectivity index (χ1) is 12.3. The van der Waals surface area contributed by atoms with Gasteiger partial charge in [-0.25, -0.2) is 9.97 Å². The molecule has 26 heavy (non-hydrogen) atoms. The number of alkyl halides is 3. The Bertz CT molecular complexity index is 769. The van der Waals surface area contributed by atoms with Crippen LogP contribution in [0.4, 0.5) is 19.0 Å². The van der Waals surface area contributed by atoms with Crippen LogP contribution in [0, 0.1) is 6.92 Å². The fraction of sp³-hybridized carbons (Fsp3) is 0.389. The maximum absolute atomic E-state index is 12.6. The molecule has 3 heterocycles. The lowest BCUT2D eigenvalue weighted by molar-refractivity contribution is -0.137. The molecular formula is C18H19F3N4O. The predicted octanol–water partition coefficient (Wildman–Crippen LogP) is 3.20. The van der Waals surface area contributed by atoms with E-state index in [2.05, 4.69) is 15.3 Å². The topological polar surface area (TPSA) is 58.1 Å². The Hall–Kier alpha value is -2.64. The number of aryl methyl sites for hydroxylation is 1. The predicted molar refractivity (Wildman–Crippen MR) is 90.9 cm³/mol. The first-order valence-electron chi connectivity index (χ1n) is 8.35. The molecular weight excluding hydrogens is 345 g/mol. The third kappa shape index (κ3) is 4.30. The molecule has 0 atom stereocenters. The summed E-state index contributed by atoms with van der Waals surface area (Å²) in [6, 6.07) is 7.72. The van der Waals surface area contributed by atoms with Gasteiger partial charge in [-0.1, -0.05) is 6.07 Å². The number of halogens is 3. The zero-order chi connectivity index (χ0) is 18.7. The Balaban J connectivity index is 1.55. The minimum absolute atomic E-state index is 0.00973. The fourth-order valence-electron chi connectivity index (χ4n) is 2.92. The van der Waals surface area contributed by atoms with Crippen molar-refractivity contribution in [1.82, 2.24) is 15.3 Å². The summed E-state index contributed by atoms with van der Waals surface area (Å²) in [5, 5.41) is 2.97. The lowest BCUT2D eigenvalue weighted by Gasteiger charge is -2.33. The minimum atomic E-state index is -4.38. The second-order valence-corrected chi connectivity index (χ2v) is 6.30. The van der Waals surface area contributed by atoms with Crippen molar-refractivity contribution in [2.24, 2.45) is 0 Å². The van der Waals surface area contributed by atoms with Crippen LogP contribution >= 0.6 is 0 Å². The van der Waals surface area contributed by atoms with E-state index >= 15 is 0 Å². The second kappa shape index (κ2) is 7.31. The number of pyridine rings is 2. The Morgan fingerprint density at radius 2 is 1.92 bits per heavy atom. The van der Waals surface area contributed by atoms with Gasteiger partial charge in [-0.05, 0) is 44.0 Å². The Morgan fingerprint density at radius 1 is 1.19 bits per heavy atom. The van der Waals surface area contributed by atoms with E-state index in [-0.39, 0.29) is 11.9 Å². The van der Waals surface area contributed by atoms with Gasteiger partial charge in [0.15, 0.2) is 0 Å². The number of carbonyl (C=O) groups excluding carboxylic acids is 1. The van der Waals surface area contributed by atoms with Crippen LogP contribution in [-0.4, -0.2) is 35.0 Å². The highest BCUT2D eigenvalue weighted by Crippen LogP contribution is 2.29. The number of hydrogen-bond donors (Lipinski definition) is 1. The number of nitrogens with one attached hydrogen (secondary N) is 1. The van der Waals surface area contributed by atoms with E-state index < -0.39 is 11.7 Å². The van der Waals surface area contributed by atoms with Crippen molar-refractivity contribution in [3.63, 3.8) is 0 Å². The number of amides is 1. The van der Waals surface area contributed by atoms with E-state index in [1.165, 1.54) is 6.07 Å². The Labute approximate surface area is 149 Å². The molecule has 138 valence electrons. The second-order valence-electron chi connectivity index (χ2n) is 6.30. The van der Waals surface area contributed by atoms with Crippen molar-refractivity contribution in [2.45, 2.75) is 32.0 Å². The summed E-state index contributed by atoms with van der Waals surface area (Å²) >= 11 is 0. The monoisotopic (exact) mass is 364 g/mol. The molecule has 1 fully saturated rings. The molecule has 0 aromatic carbocycles. The smallest absolute Gasteiger partial charge is 0.356 e. The van der Waals surface area contributed by atoms with Crippen molar-refractivity contribution in [3.05, 3.63) is 53.5 Å². The van der Waals surface area contributed by atoms with Gasteiger partial charge in [0.1, 0.15) is 11.5 Å². The molecule has 1 N–H and O–H groups in total. The normalized spacial score (nSPS) is 15.8. The molecule has 1 aliphatic rings. The number of anilines is 1. The first kappa shape index (κ1) is 18.2. The SMILES string of the molecule is Cc1cccc(C(=O)NC2CCN(c3ccc(C(F)(F)F)cn3)CC2)n1. The number of rotatable bonds is 3. The van der Waals surface area contributed by atoms with Gasteiger partial charge < -0.3 is 10.2 Å². The average molecular weight is 364 g/mol. The molecule has 0 bridgehead atoms. The van der Waals surface area contributed by atoms with Gasteiger partial charge in [0.25, 0.3) is 5.91 Å². The number of aromatic nitrogens is 2. The van der Waals surface area contributed by atoms with Crippen molar-refractivity contribution >= 4 is 11.7 Å². The molecule has 8 heteroatoms. The average Bonchev–Trinajstić information content (AvgIpc) is 2.62. The number of piperidine rings is 1. The molecule has 0 spiro atoms. The zero-order valence-corrected chi connectivity index (χ0v) is 14.3. The standard InChI is InChI=1S/C18H19F3N4O/c1-12-3-2-4-15(23-12)17(26)24-14-7-9-25(10-8-14)16-6-5-13(11-22-16)18(19,20)21/h2-6,11,14H,7-10H2,1H3,(H,24,26). The molecule has 1 saturated heterocycles. The van der Waals surface area contributed by atoms with E-state index in [1.54, 1.807) is 12.1 Å². The highest BCUT2D eigenvalue weighted by atomic mass is 19.4. The van der Waals surface area contributed by atoms with Crippen molar-refractivity contribution in [2.75, 3.05) is 18.0 Å². The lowest BCUT2D eigenvalue weighted by atomic mass is 10.0. The maximum atomic E-state index is 12.6. The number of nitrogens with zero attached hydrogens (tertiary/aromatic N) is 3. The summed E-state index contributed by atoms with van der Waals surface area (Å²) in [4.78, 5) is 22.3. The fourth-order valence-corrected chi connectivity index (χ4v) is 2.92. The van der Waals surface area contributed by atoms with Crippen molar-refractivity contribution in [1.29, 1.82) is 0 Å². The van der Waals surface area contributed by atoms with Crippen molar-refractivity contribution in [3.8, 4) is 0 Å². The van der Waals surface area contributed by atoms with Crippen LogP contribution in [0.15, 0.2) is 36.5 Å². The lowest BCUT2D eigenvalue weighted by Crippen LogP contribution is -2.45. The summed E-state index contributed by atoms with van der Waals surface area (Å²) in [6.07, 6.45) is -2.14. The molecule has 0 aliphatic carbocycles. The zero-order valence-electron chi connectivity index (χ0n) is 14.3. The highest BCUT2D eigenvalue weighted by Gasteiger charge is 2.31. The van der Waals surface area contributed by atoms with Crippen LogP contribution < -0.4 is 10.2 Å². The summed E-state index contributed by atoms with van der Waals surface area (Å²) in [5.74, 6) is 0.308. The van der Waals surface area contributed by atoms with Crippen LogP contribution in [0.5, 0.6) is 0 Å². The summed E-state index contributed by atoms with van der Waals surface area (Å²) in [6.45, 7) is 3.06. The van der Waals surface area contributed by atoms with E-state index in [4.69, 9.17) is 0 Å². The molecule has 2 aromatic rings. The molecule has 0 radical (unpaired) electrons. The molecule has 3 rings (SSSR count). The molecule has 2 aromatic heterocycles. The van der Waals surface area contributed by atoms with E-state index in [0.29, 0.717) is 37.4 Å². The van der Waals surface area contributed by atoms with Crippen LogP contribution in [0.3, 0.4) is 0 Å². The Kier molecular flexibility index (Phi) is 5.11. The number of hydrogen-bond acceptors (Lipinski definition) is 4. The van der Waals surface area contributed by atoms with Gasteiger partial charge in [-0.3, -0.25) is 4.79 Å². The first-order valence-corrected chi connectivity index (χ1v) is 8.35. The van der Waals surface area contributed by atoms with Gasteiger partial charge in [0, 0.05) is 31.0 Å². The van der Waals surface area contributed by atoms with Crippen LogP contribution in [0.2, 0.25) is 0 Å². The van der Waals surface area contributed by atoms with E-state index in [0.717, 1.165) is 18.0 Å². The van der Waals surface area contributed by atoms with Gasteiger partial charge in [-0.2, -0.15) is 13.2 Å².